The highest BCUT2D eigenvalue weighted by atomic mass is 35.7. The van der Waals surface area contributed by atoms with Crippen LogP contribution in [0.15, 0.2) is 5.16 Å². The minimum Gasteiger partial charge on any atom is -0.383 e. The van der Waals surface area contributed by atoms with Gasteiger partial charge in [0.2, 0.25) is 0 Å². The molecule has 0 aliphatic carbocycles. The number of aromatic nitrogens is 3. The predicted molar refractivity (Wildman–Crippen MR) is 69.7 cm³/mol. The summed E-state index contributed by atoms with van der Waals surface area (Å²) in [6.07, 6.45) is 1.32. The average Bonchev–Trinajstić information content (AvgIpc) is 2.76. The van der Waals surface area contributed by atoms with Crippen molar-refractivity contribution in [2.75, 3.05) is 20.8 Å². The Labute approximate surface area is 117 Å². The zero-order chi connectivity index (χ0) is 14.5. The molecule has 1 aromatic heterocycles. The summed E-state index contributed by atoms with van der Waals surface area (Å²) >= 11 is 0. The van der Waals surface area contributed by atoms with E-state index in [9.17, 15) is 8.42 Å². The topological polar surface area (TPSA) is 83.3 Å². The Hall–Kier alpha value is -0.700. The van der Waals surface area contributed by atoms with E-state index in [-0.39, 0.29) is 11.3 Å². The summed E-state index contributed by atoms with van der Waals surface area (Å²) < 4.78 is 34.4. The van der Waals surface area contributed by atoms with E-state index in [0.29, 0.717) is 31.8 Å². The summed E-state index contributed by atoms with van der Waals surface area (Å²) in [5.74, 6) is 0.556. The minimum atomic E-state index is -3.91. The van der Waals surface area contributed by atoms with Crippen molar-refractivity contribution in [3.63, 3.8) is 0 Å². The maximum absolute atomic E-state index is 11.4. The van der Waals surface area contributed by atoms with Crippen LogP contribution in [0, 0.1) is 0 Å². The van der Waals surface area contributed by atoms with Crippen molar-refractivity contribution in [1.29, 1.82) is 0 Å². The molecular weight excluding hydrogens is 294 g/mol. The fourth-order valence-corrected chi connectivity index (χ4v) is 2.48. The molecule has 1 rings (SSSR count). The van der Waals surface area contributed by atoms with Crippen molar-refractivity contribution in [3.05, 3.63) is 5.82 Å². The van der Waals surface area contributed by atoms with Gasteiger partial charge in [-0.1, -0.05) is 0 Å². The van der Waals surface area contributed by atoms with Gasteiger partial charge in [-0.25, -0.2) is 8.42 Å². The first-order valence-electron chi connectivity index (χ1n) is 5.78. The Morgan fingerprint density at radius 1 is 1.37 bits per heavy atom. The van der Waals surface area contributed by atoms with Crippen LogP contribution in [0.1, 0.15) is 19.2 Å². The molecule has 0 aromatic carbocycles. The summed E-state index contributed by atoms with van der Waals surface area (Å²) in [5, 5.41) is 7.28. The highest BCUT2D eigenvalue weighted by Crippen LogP contribution is 2.15. The molecule has 0 aliphatic rings. The zero-order valence-corrected chi connectivity index (χ0v) is 12.7. The van der Waals surface area contributed by atoms with Crippen LogP contribution in [0.4, 0.5) is 0 Å². The van der Waals surface area contributed by atoms with Crippen LogP contribution in [-0.4, -0.2) is 50.1 Å². The standard InChI is InChI=1S/C10H18ClN3O4S/c1-8(18-3)4-5-9-12-13-10(19(11,15)16)14(9)6-7-17-2/h8H,4-7H2,1-3H3. The molecule has 0 spiro atoms. The molecule has 7 nitrogen and oxygen atoms in total. The lowest BCUT2D eigenvalue weighted by Gasteiger charge is -2.10. The maximum atomic E-state index is 11.4. The molecule has 0 bridgehead atoms. The van der Waals surface area contributed by atoms with Crippen molar-refractivity contribution in [3.8, 4) is 0 Å². The number of hydrogen-bond donors (Lipinski definition) is 0. The fourth-order valence-electron chi connectivity index (χ4n) is 1.54. The first kappa shape index (κ1) is 16.4. The summed E-state index contributed by atoms with van der Waals surface area (Å²) in [5.41, 5.74) is 0. The second-order valence-corrected chi connectivity index (χ2v) is 6.53. The highest BCUT2D eigenvalue weighted by molar-refractivity contribution is 8.13. The molecular formula is C10H18ClN3O4S. The van der Waals surface area contributed by atoms with Crippen LogP contribution < -0.4 is 0 Å². The van der Waals surface area contributed by atoms with Crippen LogP contribution in [0.5, 0.6) is 0 Å². The molecule has 1 unspecified atom stereocenters. The van der Waals surface area contributed by atoms with Gasteiger partial charge < -0.3 is 9.47 Å². The van der Waals surface area contributed by atoms with Gasteiger partial charge in [0.05, 0.1) is 12.7 Å². The Bertz CT molecular complexity index is 503. The largest absolute Gasteiger partial charge is 0.383 e. The summed E-state index contributed by atoms with van der Waals surface area (Å²) in [4.78, 5) is 0. The second kappa shape index (κ2) is 7.18. The molecule has 0 saturated heterocycles. The van der Waals surface area contributed by atoms with Gasteiger partial charge >= 0.3 is 0 Å². The van der Waals surface area contributed by atoms with E-state index in [0.717, 1.165) is 0 Å². The quantitative estimate of drug-likeness (QED) is 0.661. The van der Waals surface area contributed by atoms with E-state index in [1.807, 2.05) is 6.92 Å². The van der Waals surface area contributed by atoms with Gasteiger partial charge in [-0.3, -0.25) is 4.57 Å². The Balaban J connectivity index is 2.94. The molecule has 0 aliphatic heterocycles. The van der Waals surface area contributed by atoms with Crippen molar-refractivity contribution in [2.24, 2.45) is 0 Å². The first-order valence-corrected chi connectivity index (χ1v) is 8.09. The smallest absolute Gasteiger partial charge is 0.296 e. The van der Waals surface area contributed by atoms with Crippen LogP contribution in [0.25, 0.3) is 0 Å². The van der Waals surface area contributed by atoms with E-state index in [1.54, 1.807) is 7.11 Å². The van der Waals surface area contributed by atoms with Crippen LogP contribution in [0.3, 0.4) is 0 Å². The van der Waals surface area contributed by atoms with E-state index < -0.39 is 9.05 Å². The monoisotopic (exact) mass is 311 g/mol. The van der Waals surface area contributed by atoms with Crippen molar-refractivity contribution in [2.45, 2.75) is 37.6 Å². The lowest BCUT2D eigenvalue weighted by molar-refractivity contribution is 0.110. The number of rotatable bonds is 8. The number of aryl methyl sites for hydroxylation is 1. The van der Waals surface area contributed by atoms with E-state index in [4.69, 9.17) is 20.2 Å². The molecule has 0 saturated carbocycles. The van der Waals surface area contributed by atoms with Crippen molar-refractivity contribution < 1.29 is 17.9 Å². The van der Waals surface area contributed by atoms with Crippen molar-refractivity contribution in [1.82, 2.24) is 14.8 Å². The Kier molecular flexibility index (Phi) is 6.18. The summed E-state index contributed by atoms with van der Waals surface area (Å²) in [6, 6.07) is 0. The minimum absolute atomic E-state index is 0.0589. The van der Waals surface area contributed by atoms with E-state index in [1.165, 1.54) is 11.7 Å². The fraction of sp³-hybridized carbons (Fsp3) is 0.800. The van der Waals surface area contributed by atoms with Gasteiger partial charge in [-0.05, 0) is 13.3 Å². The van der Waals surface area contributed by atoms with Gasteiger partial charge in [0.25, 0.3) is 14.2 Å². The SMILES string of the molecule is COCCn1c(CCC(C)OC)nnc1S(=O)(=O)Cl. The molecule has 19 heavy (non-hydrogen) atoms. The lowest BCUT2D eigenvalue weighted by atomic mass is 10.2. The van der Waals surface area contributed by atoms with E-state index >= 15 is 0 Å². The molecule has 0 fully saturated rings. The molecule has 0 radical (unpaired) electrons. The lowest BCUT2D eigenvalue weighted by Crippen LogP contribution is -2.15. The summed E-state index contributed by atoms with van der Waals surface area (Å²) in [6.45, 7) is 2.61. The third kappa shape index (κ3) is 4.72. The molecule has 1 heterocycles. The summed E-state index contributed by atoms with van der Waals surface area (Å²) in [7, 11) is 4.57. The van der Waals surface area contributed by atoms with Gasteiger partial charge in [0, 0.05) is 37.9 Å². The number of ether oxygens (including phenoxy) is 2. The van der Waals surface area contributed by atoms with Gasteiger partial charge in [-0.2, -0.15) is 0 Å². The third-order valence-corrected chi connectivity index (χ3v) is 3.86. The molecule has 110 valence electrons. The Morgan fingerprint density at radius 3 is 2.58 bits per heavy atom. The molecule has 0 amide bonds. The molecule has 0 N–H and O–H groups in total. The van der Waals surface area contributed by atoms with Crippen LogP contribution >= 0.6 is 10.7 Å². The number of methoxy groups -OCH3 is 2. The second-order valence-electron chi connectivity index (χ2n) is 4.07. The van der Waals surface area contributed by atoms with Crippen LogP contribution in [0.2, 0.25) is 0 Å². The molecule has 1 aromatic rings. The van der Waals surface area contributed by atoms with Crippen LogP contribution in [-0.2, 0) is 31.5 Å². The zero-order valence-electron chi connectivity index (χ0n) is 11.2. The number of nitrogens with zero attached hydrogens (tertiary/aromatic N) is 3. The van der Waals surface area contributed by atoms with Gasteiger partial charge in [-0.15, -0.1) is 10.2 Å². The number of halogens is 1. The first-order chi connectivity index (χ1) is 8.90. The molecule has 9 heteroatoms. The Morgan fingerprint density at radius 2 is 2.05 bits per heavy atom. The van der Waals surface area contributed by atoms with E-state index in [2.05, 4.69) is 10.2 Å². The maximum Gasteiger partial charge on any atom is 0.296 e. The average molecular weight is 312 g/mol. The third-order valence-electron chi connectivity index (χ3n) is 2.71. The highest BCUT2D eigenvalue weighted by Gasteiger charge is 2.22. The predicted octanol–water partition coefficient (Wildman–Crippen LogP) is 0.820. The van der Waals surface area contributed by atoms with Gasteiger partial charge in [0.1, 0.15) is 5.82 Å². The number of hydrogen-bond acceptors (Lipinski definition) is 6. The van der Waals surface area contributed by atoms with Crippen molar-refractivity contribution >= 4 is 19.7 Å². The van der Waals surface area contributed by atoms with Gasteiger partial charge in [0.15, 0.2) is 0 Å². The normalized spacial score (nSPS) is 13.7. The molecule has 1 atom stereocenters.